The van der Waals surface area contributed by atoms with E-state index in [1.165, 1.54) is 0 Å². The summed E-state index contributed by atoms with van der Waals surface area (Å²) in [5.41, 5.74) is 0.771. The van der Waals surface area contributed by atoms with Crippen LogP contribution in [-0.2, 0) is 0 Å². The fourth-order valence-electron chi connectivity index (χ4n) is 0.567. The Morgan fingerprint density at radius 2 is 1.89 bits per heavy atom. The summed E-state index contributed by atoms with van der Waals surface area (Å²) in [6.07, 6.45) is 0. The van der Waals surface area contributed by atoms with Gasteiger partial charge in [0.2, 0.25) is 0 Å². The van der Waals surface area contributed by atoms with Crippen LogP contribution in [0.2, 0.25) is 0 Å². The molecule has 42 valence electrons. The summed E-state index contributed by atoms with van der Waals surface area (Å²) in [6.45, 7) is 6.52. The van der Waals surface area contributed by atoms with E-state index in [0.717, 1.165) is 5.69 Å². The minimum Gasteiger partial charge on any atom is -0.206 e. The molecule has 0 saturated carbocycles. The van der Waals surface area contributed by atoms with Crippen LogP contribution in [0.4, 0.5) is 5.69 Å². The zero-order valence-corrected chi connectivity index (χ0v) is 4.83. The number of nitrogens with zero attached hydrogens (tertiary/aromatic N) is 1. The fraction of sp³-hybridized carbons (Fsp3) is 0. The Labute approximate surface area is 54.4 Å². The highest BCUT2D eigenvalue weighted by Crippen LogP contribution is 2.07. The molecule has 1 aromatic rings. The Bertz CT molecular complexity index is 220. The maximum atomic E-state index is 6.52. The van der Waals surface area contributed by atoms with Crippen molar-refractivity contribution in [2.75, 3.05) is 0 Å². The molecule has 0 saturated heterocycles. The molecule has 9 heavy (non-hydrogen) atoms. The van der Waals surface area contributed by atoms with Crippen molar-refractivity contribution in [3.05, 3.63) is 36.9 Å². The van der Waals surface area contributed by atoms with Crippen molar-refractivity contribution in [1.29, 1.82) is 0 Å². The van der Waals surface area contributed by atoms with Gasteiger partial charge in [-0.05, 0) is 18.0 Å². The van der Waals surface area contributed by atoms with Crippen LogP contribution in [0.3, 0.4) is 0 Å². The van der Waals surface area contributed by atoms with Gasteiger partial charge in [0, 0.05) is 0 Å². The quantitative estimate of drug-likeness (QED) is 0.495. The van der Waals surface area contributed by atoms with Gasteiger partial charge in [0.1, 0.15) is 0 Å². The van der Waals surface area contributed by atoms with Gasteiger partial charge in [-0.25, -0.2) is 4.99 Å². The maximum Gasteiger partial charge on any atom is 0.0729 e. The number of aliphatic imine (C=N–C) groups is 1. The highest BCUT2D eigenvalue weighted by Gasteiger charge is 1.78. The lowest BCUT2D eigenvalue weighted by atomic mass is 10.3. The van der Waals surface area contributed by atoms with Crippen molar-refractivity contribution in [2.45, 2.75) is 0 Å². The first-order valence-electron chi connectivity index (χ1n) is 2.61. The predicted molar refractivity (Wildman–Crippen MR) is 36.8 cm³/mol. The molecule has 0 aliphatic carbocycles. The van der Waals surface area contributed by atoms with Crippen LogP contribution < -0.4 is 0 Å². The average molecular weight is 115 g/mol. The van der Waals surface area contributed by atoms with Crippen molar-refractivity contribution in [3.8, 4) is 0 Å². The summed E-state index contributed by atoms with van der Waals surface area (Å²) in [5.74, 6) is 1.96. The van der Waals surface area contributed by atoms with E-state index in [1.807, 2.05) is 36.2 Å². The summed E-state index contributed by atoms with van der Waals surface area (Å²) in [7, 11) is 0. The van der Waals surface area contributed by atoms with Gasteiger partial charge in [-0.1, -0.05) is 18.2 Å². The third-order valence-electron chi connectivity index (χ3n) is 0.941. The largest absolute Gasteiger partial charge is 0.206 e. The van der Waals surface area contributed by atoms with Crippen LogP contribution >= 0.6 is 0 Å². The lowest BCUT2D eigenvalue weighted by Crippen LogP contribution is -1.58. The van der Waals surface area contributed by atoms with Gasteiger partial charge in [0.25, 0.3) is 0 Å². The summed E-state index contributed by atoms with van der Waals surface area (Å²) in [4.78, 5) is 3.62. The Kier molecular flexibility index (Phi) is 1.84. The summed E-state index contributed by atoms with van der Waals surface area (Å²) >= 11 is 0. The van der Waals surface area contributed by atoms with Gasteiger partial charge < -0.3 is 0 Å². The molecule has 0 bridgehead atoms. The van der Waals surface area contributed by atoms with E-state index in [4.69, 9.17) is 6.58 Å². The van der Waals surface area contributed by atoms with Crippen LogP contribution in [0, 0.1) is 6.58 Å². The second-order valence-corrected chi connectivity index (χ2v) is 1.56. The summed E-state index contributed by atoms with van der Waals surface area (Å²) < 4.78 is 0. The molecule has 0 atom stereocenters. The van der Waals surface area contributed by atoms with E-state index < -0.39 is 0 Å². The zero-order valence-electron chi connectivity index (χ0n) is 4.83. The molecule has 1 rings (SSSR count). The van der Waals surface area contributed by atoms with Crippen molar-refractivity contribution >= 4 is 11.6 Å². The Hall–Kier alpha value is -1.33. The van der Waals surface area contributed by atoms with Gasteiger partial charge in [-0.3, -0.25) is 0 Å². The first kappa shape index (κ1) is 5.80. The second kappa shape index (κ2) is 2.85. The first-order chi connectivity index (χ1) is 4.43. The molecule has 1 heteroatoms. The van der Waals surface area contributed by atoms with Gasteiger partial charge in [-0.15, -0.1) is 0 Å². The van der Waals surface area contributed by atoms with Crippen molar-refractivity contribution < 1.29 is 0 Å². The molecule has 0 aliphatic rings. The van der Waals surface area contributed by atoms with Crippen molar-refractivity contribution in [3.63, 3.8) is 0 Å². The maximum absolute atomic E-state index is 6.52. The molecule has 0 unspecified atom stereocenters. The molecule has 0 aromatic heterocycles. The van der Waals surface area contributed by atoms with Gasteiger partial charge in [0.15, 0.2) is 0 Å². The number of hydrogen-bond acceptors (Lipinski definition) is 1. The lowest BCUT2D eigenvalue weighted by Gasteiger charge is -1.84. The molecule has 0 N–H and O–H groups in total. The normalized spacial score (nSPS) is 8.00. The summed E-state index contributed by atoms with van der Waals surface area (Å²) in [5, 5.41) is 0. The van der Waals surface area contributed by atoms with Crippen molar-refractivity contribution in [2.24, 2.45) is 4.99 Å². The first-order valence-corrected chi connectivity index (χ1v) is 2.61. The van der Waals surface area contributed by atoms with Gasteiger partial charge in [0.05, 0.1) is 12.3 Å². The van der Waals surface area contributed by atoms with E-state index in [2.05, 4.69) is 4.99 Å². The third-order valence-corrected chi connectivity index (χ3v) is 0.941. The molecule has 2 radical (unpaired) electrons. The van der Waals surface area contributed by atoms with Gasteiger partial charge in [-0.2, -0.15) is 0 Å². The highest BCUT2D eigenvalue weighted by atomic mass is 14.7. The predicted octanol–water partition coefficient (Wildman–Crippen LogP) is 1.85. The zero-order chi connectivity index (χ0) is 6.53. The molecular formula is C8H5N. The van der Waals surface area contributed by atoms with Crippen molar-refractivity contribution in [1.82, 2.24) is 0 Å². The molecule has 1 nitrogen and oxygen atoms in total. The van der Waals surface area contributed by atoms with E-state index in [9.17, 15) is 0 Å². The monoisotopic (exact) mass is 115 g/mol. The van der Waals surface area contributed by atoms with E-state index in [-0.39, 0.29) is 0 Å². The van der Waals surface area contributed by atoms with E-state index >= 15 is 0 Å². The Balaban J connectivity index is 2.97. The molecule has 1 aromatic carbocycles. The highest BCUT2D eigenvalue weighted by molar-refractivity contribution is 5.53. The standard InChI is InChI=1S/C8H5N/c1-2-9-8-6-4-3-5-7-8/h3-7H. The Morgan fingerprint density at radius 1 is 1.22 bits per heavy atom. The van der Waals surface area contributed by atoms with Crippen LogP contribution in [-0.4, -0.2) is 5.87 Å². The minimum atomic E-state index is 0.771. The molecule has 0 heterocycles. The molecule has 0 fully saturated rings. The van der Waals surface area contributed by atoms with Crippen LogP contribution in [0.5, 0.6) is 0 Å². The third kappa shape index (κ3) is 1.56. The lowest BCUT2D eigenvalue weighted by molar-refractivity contribution is 1.55. The second-order valence-electron chi connectivity index (χ2n) is 1.56. The summed E-state index contributed by atoms with van der Waals surface area (Å²) in [6, 6.07) is 9.29. The number of hydrogen-bond donors (Lipinski definition) is 0. The number of para-hydroxylation sites is 1. The minimum absolute atomic E-state index is 0.771. The van der Waals surface area contributed by atoms with Crippen LogP contribution in [0.15, 0.2) is 35.3 Å². The van der Waals surface area contributed by atoms with E-state index in [0.29, 0.717) is 0 Å². The number of rotatable bonds is 1. The average Bonchev–Trinajstić information content (AvgIpc) is 1.91. The van der Waals surface area contributed by atoms with Crippen LogP contribution in [0.1, 0.15) is 0 Å². The Morgan fingerprint density at radius 3 is 2.44 bits per heavy atom. The fourth-order valence-corrected chi connectivity index (χ4v) is 0.567. The van der Waals surface area contributed by atoms with Gasteiger partial charge >= 0.3 is 0 Å². The number of benzene rings is 1. The van der Waals surface area contributed by atoms with Crippen LogP contribution in [0.25, 0.3) is 0 Å². The van der Waals surface area contributed by atoms with E-state index in [1.54, 1.807) is 0 Å². The smallest absolute Gasteiger partial charge is 0.0729 e. The molecule has 0 spiro atoms. The molecular weight excluding hydrogens is 110 g/mol. The molecule has 0 aliphatic heterocycles. The SMILES string of the molecule is [C]=C=Nc1ccccc1. The topological polar surface area (TPSA) is 12.4 Å². The molecule has 0 amide bonds.